The van der Waals surface area contributed by atoms with E-state index < -0.39 is 0 Å². The number of oxime groups is 1. The number of benzene rings is 1. The second kappa shape index (κ2) is 5.97. The molecule has 0 saturated heterocycles. The predicted octanol–water partition coefficient (Wildman–Crippen LogP) is 1.23. The van der Waals surface area contributed by atoms with Crippen LogP contribution in [0.1, 0.15) is 17.3 Å². The van der Waals surface area contributed by atoms with Gasteiger partial charge in [-0.25, -0.2) is 4.98 Å². The number of amidine groups is 1. The first-order valence-electron chi connectivity index (χ1n) is 7.02. The number of nitrogens with two attached hydrogens (primary N) is 1. The molecule has 21 heavy (non-hydrogen) atoms. The summed E-state index contributed by atoms with van der Waals surface area (Å²) in [5.41, 5.74) is 6.95. The smallest absolute Gasteiger partial charge is 0.147 e. The summed E-state index contributed by atoms with van der Waals surface area (Å²) in [5.74, 6) is 1.19. The summed E-state index contributed by atoms with van der Waals surface area (Å²) in [7, 11) is 0. The van der Waals surface area contributed by atoms with Gasteiger partial charge >= 0.3 is 0 Å². The maximum Gasteiger partial charge on any atom is 0.147 e. The number of nitrogens with zero attached hydrogens (tertiary/aromatic N) is 4. The zero-order chi connectivity index (χ0) is 14.7. The summed E-state index contributed by atoms with van der Waals surface area (Å²) in [4.78, 5) is 6.65. The topological polar surface area (TPSA) is 79.7 Å². The Balaban J connectivity index is 1.77. The molecule has 1 aliphatic heterocycles. The predicted molar refractivity (Wildman–Crippen MR) is 80.1 cm³/mol. The molecule has 1 unspecified atom stereocenters. The summed E-state index contributed by atoms with van der Waals surface area (Å²) >= 11 is 0. The van der Waals surface area contributed by atoms with Crippen molar-refractivity contribution >= 4 is 5.84 Å². The number of aromatic nitrogens is 2. The van der Waals surface area contributed by atoms with Crippen molar-refractivity contribution in [1.82, 2.24) is 14.5 Å². The van der Waals surface area contributed by atoms with E-state index in [1.165, 1.54) is 0 Å². The van der Waals surface area contributed by atoms with E-state index in [1.54, 1.807) is 0 Å². The molecular weight excluding hydrogens is 266 g/mol. The van der Waals surface area contributed by atoms with Crippen LogP contribution in [0.5, 0.6) is 0 Å². The van der Waals surface area contributed by atoms with Crippen LogP contribution in [0.4, 0.5) is 0 Å². The van der Waals surface area contributed by atoms with Crippen molar-refractivity contribution in [3.8, 4) is 0 Å². The van der Waals surface area contributed by atoms with Gasteiger partial charge < -0.3 is 15.5 Å². The van der Waals surface area contributed by atoms with Gasteiger partial charge in [-0.15, -0.1) is 0 Å². The highest BCUT2D eigenvalue weighted by Gasteiger charge is 2.23. The van der Waals surface area contributed by atoms with Crippen molar-refractivity contribution in [1.29, 1.82) is 0 Å². The summed E-state index contributed by atoms with van der Waals surface area (Å²) in [5, 5.41) is 12.3. The minimum Gasteiger partial charge on any atom is -0.409 e. The molecule has 1 aliphatic rings. The van der Waals surface area contributed by atoms with Crippen molar-refractivity contribution in [2.24, 2.45) is 10.9 Å². The SMILES string of the molecule is NC(=NO)C(CN1CCn2ccnc2C1)c1ccccc1. The van der Waals surface area contributed by atoms with Gasteiger partial charge in [-0.3, -0.25) is 4.90 Å². The van der Waals surface area contributed by atoms with Gasteiger partial charge in [0.15, 0.2) is 0 Å². The average Bonchev–Trinajstić information content (AvgIpc) is 3.00. The van der Waals surface area contributed by atoms with Crippen LogP contribution in [-0.2, 0) is 13.1 Å². The zero-order valence-electron chi connectivity index (χ0n) is 11.8. The Morgan fingerprint density at radius 1 is 1.33 bits per heavy atom. The van der Waals surface area contributed by atoms with Crippen molar-refractivity contribution in [2.75, 3.05) is 13.1 Å². The third-order valence-electron chi connectivity index (χ3n) is 3.94. The Morgan fingerprint density at radius 3 is 2.90 bits per heavy atom. The van der Waals surface area contributed by atoms with Crippen LogP contribution in [0.3, 0.4) is 0 Å². The Hall–Kier alpha value is -2.34. The van der Waals surface area contributed by atoms with Crippen LogP contribution in [0.25, 0.3) is 0 Å². The van der Waals surface area contributed by atoms with Gasteiger partial charge in [0, 0.05) is 32.0 Å². The second-order valence-corrected chi connectivity index (χ2v) is 5.26. The van der Waals surface area contributed by atoms with Gasteiger partial charge in [0.25, 0.3) is 0 Å². The molecule has 3 rings (SSSR count). The summed E-state index contributed by atoms with van der Waals surface area (Å²) < 4.78 is 2.16. The first-order valence-corrected chi connectivity index (χ1v) is 7.02. The quantitative estimate of drug-likeness (QED) is 0.383. The van der Waals surface area contributed by atoms with E-state index >= 15 is 0 Å². The maximum atomic E-state index is 9.05. The third kappa shape index (κ3) is 2.90. The van der Waals surface area contributed by atoms with E-state index in [9.17, 15) is 0 Å². The average molecular weight is 285 g/mol. The molecule has 0 radical (unpaired) electrons. The minimum atomic E-state index is -0.113. The van der Waals surface area contributed by atoms with Gasteiger partial charge in [0.1, 0.15) is 11.7 Å². The molecule has 2 heterocycles. The lowest BCUT2D eigenvalue weighted by Gasteiger charge is -2.30. The monoisotopic (exact) mass is 285 g/mol. The highest BCUT2D eigenvalue weighted by atomic mass is 16.4. The molecule has 0 fully saturated rings. The highest BCUT2D eigenvalue weighted by Crippen LogP contribution is 2.20. The molecule has 1 atom stereocenters. The summed E-state index contributed by atoms with van der Waals surface area (Å²) in [6.45, 7) is 3.36. The van der Waals surface area contributed by atoms with Crippen molar-refractivity contribution in [2.45, 2.75) is 19.0 Å². The van der Waals surface area contributed by atoms with E-state index in [-0.39, 0.29) is 11.8 Å². The Labute approximate surface area is 123 Å². The molecule has 0 saturated carbocycles. The molecule has 6 nitrogen and oxygen atoms in total. The van der Waals surface area contributed by atoms with Crippen LogP contribution in [0, 0.1) is 0 Å². The molecule has 0 aliphatic carbocycles. The molecular formula is C15H19N5O. The Kier molecular flexibility index (Phi) is 3.87. The highest BCUT2D eigenvalue weighted by molar-refractivity contribution is 5.87. The molecule has 0 amide bonds. The number of hydrogen-bond donors (Lipinski definition) is 2. The van der Waals surface area contributed by atoms with Gasteiger partial charge in [-0.1, -0.05) is 35.5 Å². The molecule has 110 valence electrons. The summed E-state index contributed by atoms with van der Waals surface area (Å²) in [6, 6.07) is 9.91. The number of rotatable bonds is 4. The molecule has 0 bridgehead atoms. The fourth-order valence-corrected chi connectivity index (χ4v) is 2.76. The first kappa shape index (κ1) is 13.6. The van der Waals surface area contributed by atoms with E-state index in [0.29, 0.717) is 6.54 Å². The fourth-order valence-electron chi connectivity index (χ4n) is 2.76. The van der Waals surface area contributed by atoms with Gasteiger partial charge in [-0.05, 0) is 5.56 Å². The normalized spacial score (nSPS) is 17.4. The van der Waals surface area contributed by atoms with Crippen molar-refractivity contribution in [3.63, 3.8) is 0 Å². The van der Waals surface area contributed by atoms with Gasteiger partial charge in [0.2, 0.25) is 0 Å². The molecule has 1 aromatic heterocycles. The minimum absolute atomic E-state index is 0.113. The number of fused-ring (bicyclic) bond motifs is 1. The maximum absolute atomic E-state index is 9.05. The van der Waals surface area contributed by atoms with Crippen LogP contribution < -0.4 is 5.73 Å². The number of imidazole rings is 1. The van der Waals surface area contributed by atoms with Crippen LogP contribution in [0.2, 0.25) is 0 Å². The van der Waals surface area contributed by atoms with Crippen molar-refractivity contribution in [3.05, 3.63) is 54.1 Å². The van der Waals surface area contributed by atoms with E-state index in [4.69, 9.17) is 10.9 Å². The molecule has 6 heteroatoms. The lowest BCUT2D eigenvalue weighted by Crippen LogP contribution is -2.39. The summed E-state index contributed by atoms with van der Waals surface area (Å²) in [6.07, 6.45) is 3.84. The van der Waals surface area contributed by atoms with Crippen molar-refractivity contribution < 1.29 is 5.21 Å². The van der Waals surface area contributed by atoms with Gasteiger partial charge in [-0.2, -0.15) is 0 Å². The van der Waals surface area contributed by atoms with Gasteiger partial charge in [0.05, 0.1) is 12.5 Å². The Bertz CT molecular complexity index is 622. The molecule has 3 N–H and O–H groups in total. The Morgan fingerprint density at radius 2 is 2.14 bits per heavy atom. The van der Waals surface area contributed by atoms with E-state index in [2.05, 4.69) is 19.6 Å². The standard InChI is InChI=1S/C15H19N5O/c16-15(18-21)13(12-4-2-1-3-5-12)10-19-8-9-20-7-6-17-14(20)11-19/h1-7,13,21H,8-11H2,(H2,16,18). The molecule has 0 spiro atoms. The van der Waals surface area contributed by atoms with E-state index in [0.717, 1.165) is 31.0 Å². The van der Waals surface area contributed by atoms with Crippen LogP contribution in [-0.4, -0.2) is 38.6 Å². The zero-order valence-corrected chi connectivity index (χ0v) is 11.8. The second-order valence-electron chi connectivity index (χ2n) is 5.26. The molecule has 1 aromatic carbocycles. The molecule has 2 aromatic rings. The lowest BCUT2D eigenvalue weighted by molar-refractivity contribution is 0.213. The first-order chi connectivity index (χ1) is 10.3. The van der Waals surface area contributed by atoms with Crippen LogP contribution >= 0.6 is 0 Å². The number of hydrogen-bond acceptors (Lipinski definition) is 4. The largest absolute Gasteiger partial charge is 0.409 e. The van der Waals surface area contributed by atoms with E-state index in [1.807, 2.05) is 42.7 Å². The third-order valence-corrected chi connectivity index (χ3v) is 3.94. The lowest BCUT2D eigenvalue weighted by atomic mass is 9.97. The van der Waals surface area contributed by atoms with Crippen LogP contribution in [0.15, 0.2) is 47.9 Å². The fraction of sp³-hybridized carbons (Fsp3) is 0.333.